The molecule has 0 saturated carbocycles. The molecule has 1 aromatic heterocycles. The SMILES string of the molecule is Cl.c1ccc(-c2nccc(-c3ccc(C4=NCCN4)cc3)n2)cc1. The number of benzene rings is 2. The Balaban J connectivity index is 0.00000169. The fourth-order valence-electron chi connectivity index (χ4n) is 2.64. The molecule has 2 aromatic carbocycles. The van der Waals surface area contributed by atoms with Gasteiger partial charge >= 0.3 is 0 Å². The summed E-state index contributed by atoms with van der Waals surface area (Å²) >= 11 is 0. The lowest BCUT2D eigenvalue weighted by atomic mass is 10.1. The van der Waals surface area contributed by atoms with E-state index in [1.807, 2.05) is 36.4 Å². The number of amidine groups is 1. The summed E-state index contributed by atoms with van der Waals surface area (Å²) in [5, 5.41) is 3.29. The number of nitrogens with one attached hydrogen (secondary N) is 1. The Hall–Kier alpha value is -2.72. The zero-order chi connectivity index (χ0) is 15.5. The molecule has 1 aliphatic rings. The summed E-state index contributed by atoms with van der Waals surface area (Å²) in [6.07, 6.45) is 1.81. The molecule has 5 heteroatoms. The molecule has 24 heavy (non-hydrogen) atoms. The summed E-state index contributed by atoms with van der Waals surface area (Å²) in [6, 6.07) is 20.3. The number of hydrogen-bond donors (Lipinski definition) is 1. The van der Waals surface area contributed by atoms with Gasteiger partial charge < -0.3 is 5.32 Å². The first-order valence-corrected chi connectivity index (χ1v) is 7.68. The van der Waals surface area contributed by atoms with Crippen molar-refractivity contribution < 1.29 is 0 Å². The number of halogens is 1. The third-order valence-electron chi connectivity index (χ3n) is 3.82. The highest BCUT2D eigenvalue weighted by Gasteiger charge is 2.09. The fourth-order valence-corrected chi connectivity index (χ4v) is 2.64. The Morgan fingerprint density at radius 3 is 2.25 bits per heavy atom. The predicted octanol–water partition coefficient (Wildman–Crippen LogP) is 3.58. The lowest BCUT2D eigenvalue weighted by Gasteiger charge is -2.06. The minimum absolute atomic E-state index is 0. The smallest absolute Gasteiger partial charge is 0.159 e. The van der Waals surface area contributed by atoms with Crippen LogP contribution in [0.1, 0.15) is 5.56 Å². The van der Waals surface area contributed by atoms with Crippen molar-refractivity contribution in [3.63, 3.8) is 0 Å². The van der Waals surface area contributed by atoms with E-state index in [2.05, 4.69) is 44.5 Å². The van der Waals surface area contributed by atoms with Gasteiger partial charge in [-0.3, -0.25) is 4.99 Å². The minimum Gasteiger partial charge on any atom is -0.368 e. The summed E-state index contributed by atoms with van der Waals surface area (Å²) < 4.78 is 0. The molecule has 0 atom stereocenters. The van der Waals surface area contributed by atoms with E-state index in [4.69, 9.17) is 0 Å². The lowest BCUT2D eigenvalue weighted by molar-refractivity contribution is 0.960. The molecule has 0 aliphatic carbocycles. The monoisotopic (exact) mass is 336 g/mol. The third kappa shape index (κ3) is 3.29. The van der Waals surface area contributed by atoms with Gasteiger partial charge in [-0.25, -0.2) is 9.97 Å². The Morgan fingerprint density at radius 1 is 0.792 bits per heavy atom. The maximum Gasteiger partial charge on any atom is 0.159 e. The molecule has 0 amide bonds. The van der Waals surface area contributed by atoms with Crippen LogP contribution in [-0.4, -0.2) is 28.9 Å². The van der Waals surface area contributed by atoms with Gasteiger partial charge in [0, 0.05) is 29.4 Å². The maximum absolute atomic E-state index is 4.68. The highest BCUT2D eigenvalue weighted by molar-refractivity contribution is 6.00. The van der Waals surface area contributed by atoms with Gasteiger partial charge in [0.05, 0.1) is 12.2 Å². The van der Waals surface area contributed by atoms with Crippen molar-refractivity contribution in [2.45, 2.75) is 0 Å². The molecule has 3 aromatic rings. The van der Waals surface area contributed by atoms with Crippen LogP contribution in [0.4, 0.5) is 0 Å². The molecule has 0 bridgehead atoms. The second-order valence-electron chi connectivity index (χ2n) is 5.37. The van der Waals surface area contributed by atoms with E-state index in [0.717, 1.165) is 47.1 Å². The molecule has 2 heterocycles. The van der Waals surface area contributed by atoms with Crippen molar-refractivity contribution >= 4 is 18.2 Å². The number of nitrogens with zero attached hydrogens (tertiary/aromatic N) is 3. The first-order chi connectivity index (χ1) is 11.4. The Morgan fingerprint density at radius 2 is 1.54 bits per heavy atom. The normalized spacial score (nSPS) is 12.9. The highest BCUT2D eigenvalue weighted by Crippen LogP contribution is 2.21. The molecule has 120 valence electrons. The van der Waals surface area contributed by atoms with Crippen LogP contribution in [0.15, 0.2) is 71.9 Å². The van der Waals surface area contributed by atoms with Crippen molar-refractivity contribution in [2.24, 2.45) is 4.99 Å². The average molecular weight is 337 g/mol. The first-order valence-electron chi connectivity index (χ1n) is 7.68. The summed E-state index contributed by atoms with van der Waals surface area (Å²) in [5.41, 5.74) is 4.14. The standard InChI is InChI=1S/C19H16N4.ClH/c1-2-4-15(5-3-1)19-20-11-10-17(23-19)14-6-8-16(9-7-14)18-21-12-13-22-18;/h1-11H,12-13H2,(H,21,22);1H. The van der Waals surface area contributed by atoms with Gasteiger partial charge in [0.2, 0.25) is 0 Å². The van der Waals surface area contributed by atoms with Crippen LogP contribution in [0.3, 0.4) is 0 Å². The van der Waals surface area contributed by atoms with Gasteiger partial charge in [0.15, 0.2) is 5.82 Å². The van der Waals surface area contributed by atoms with Crippen molar-refractivity contribution in [1.29, 1.82) is 0 Å². The summed E-state index contributed by atoms with van der Waals surface area (Å²) in [4.78, 5) is 13.5. The number of aliphatic imine (C=N–C) groups is 1. The van der Waals surface area contributed by atoms with Crippen molar-refractivity contribution in [3.05, 3.63) is 72.4 Å². The largest absolute Gasteiger partial charge is 0.368 e. The van der Waals surface area contributed by atoms with E-state index < -0.39 is 0 Å². The molecule has 0 saturated heterocycles. The van der Waals surface area contributed by atoms with E-state index in [1.165, 1.54) is 0 Å². The zero-order valence-electron chi connectivity index (χ0n) is 13.0. The van der Waals surface area contributed by atoms with Crippen LogP contribution in [-0.2, 0) is 0 Å². The Kier molecular flexibility index (Phi) is 4.87. The van der Waals surface area contributed by atoms with E-state index in [0.29, 0.717) is 0 Å². The highest BCUT2D eigenvalue weighted by atomic mass is 35.5. The van der Waals surface area contributed by atoms with Crippen molar-refractivity contribution in [3.8, 4) is 22.6 Å². The van der Waals surface area contributed by atoms with E-state index in [9.17, 15) is 0 Å². The van der Waals surface area contributed by atoms with Gasteiger partial charge in [-0.2, -0.15) is 0 Å². The molecular formula is C19H17ClN4. The quantitative estimate of drug-likeness (QED) is 0.795. The molecule has 1 N–H and O–H groups in total. The number of hydrogen-bond acceptors (Lipinski definition) is 4. The summed E-state index contributed by atoms with van der Waals surface area (Å²) in [7, 11) is 0. The number of aromatic nitrogens is 2. The molecule has 0 fully saturated rings. The van der Waals surface area contributed by atoms with Gasteiger partial charge in [-0.05, 0) is 6.07 Å². The van der Waals surface area contributed by atoms with Crippen LogP contribution in [0.5, 0.6) is 0 Å². The second-order valence-corrected chi connectivity index (χ2v) is 5.37. The minimum atomic E-state index is 0. The molecule has 1 aliphatic heterocycles. The van der Waals surface area contributed by atoms with Crippen molar-refractivity contribution in [2.75, 3.05) is 13.1 Å². The predicted molar refractivity (Wildman–Crippen MR) is 99.6 cm³/mol. The van der Waals surface area contributed by atoms with E-state index in [-0.39, 0.29) is 12.4 Å². The maximum atomic E-state index is 4.68. The topological polar surface area (TPSA) is 50.2 Å². The van der Waals surface area contributed by atoms with Gasteiger partial charge in [-0.15, -0.1) is 12.4 Å². The summed E-state index contributed by atoms with van der Waals surface area (Å²) in [5.74, 6) is 1.72. The van der Waals surface area contributed by atoms with Gasteiger partial charge in [0.25, 0.3) is 0 Å². The van der Waals surface area contributed by atoms with Crippen LogP contribution < -0.4 is 5.32 Å². The van der Waals surface area contributed by atoms with Crippen LogP contribution in [0, 0.1) is 0 Å². The molecule has 0 spiro atoms. The Bertz CT molecular complexity index is 845. The molecule has 0 radical (unpaired) electrons. The fraction of sp³-hybridized carbons (Fsp3) is 0.105. The van der Waals surface area contributed by atoms with Crippen LogP contribution in [0.2, 0.25) is 0 Å². The molecule has 4 rings (SSSR count). The first kappa shape index (κ1) is 16.1. The average Bonchev–Trinajstić information content (AvgIpc) is 3.17. The van der Waals surface area contributed by atoms with Crippen LogP contribution >= 0.6 is 12.4 Å². The number of rotatable bonds is 3. The molecule has 4 nitrogen and oxygen atoms in total. The summed E-state index contributed by atoms with van der Waals surface area (Å²) in [6.45, 7) is 1.77. The molecular weight excluding hydrogens is 320 g/mol. The zero-order valence-corrected chi connectivity index (χ0v) is 13.8. The lowest BCUT2D eigenvalue weighted by Crippen LogP contribution is -2.19. The Labute approximate surface area is 147 Å². The van der Waals surface area contributed by atoms with E-state index in [1.54, 1.807) is 6.20 Å². The van der Waals surface area contributed by atoms with Gasteiger partial charge in [-0.1, -0.05) is 54.6 Å². The van der Waals surface area contributed by atoms with Gasteiger partial charge in [0.1, 0.15) is 5.84 Å². The van der Waals surface area contributed by atoms with Crippen molar-refractivity contribution in [1.82, 2.24) is 15.3 Å². The third-order valence-corrected chi connectivity index (χ3v) is 3.82. The molecule has 0 unspecified atom stereocenters. The van der Waals surface area contributed by atoms with Crippen LogP contribution in [0.25, 0.3) is 22.6 Å². The van der Waals surface area contributed by atoms with E-state index >= 15 is 0 Å². The second kappa shape index (κ2) is 7.23.